The van der Waals surface area contributed by atoms with Crippen LogP contribution in [0.4, 0.5) is 0 Å². The Morgan fingerprint density at radius 3 is 1.00 bits per heavy atom. The summed E-state index contributed by atoms with van der Waals surface area (Å²) < 4.78 is 2.00. The molecule has 6 nitrogen and oxygen atoms in total. The first-order valence-corrected chi connectivity index (χ1v) is 4.75. The fourth-order valence-electron chi connectivity index (χ4n) is 0. The van der Waals surface area contributed by atoms with E-state index < -0.39 is 5.97 Å². The van der Waals surface area contributed by atoms with E-state index in [0.29, 0.717) is 0 Å². The fraction of sp³-hybridized carbons (Fsp3) is 0.900. The van der Waals surface area contributed by atoms with Gasteiger partial charge in [-0.05, 0) is 0 Å². The molecule has 0 bridgehead atoms. The van der Waals surface area contributed by atoms with Crippen molar-refractivity contribution in [1.29, 1.82) is 0 Å². The molecule has 0 aromatic carbocycles. The SMILES string of the molecule is C[N+](C)(C)C.C[N+](C)(C)C.NCC(=O)[O-].[OH-]. The molecule has 0 amide bonds. The van der Waals surface area contributed by atoms with Crippen LogP contribution in [0.5, 0.6) is 0 Å². The summed E-state index contributed by atoms with van der Waals surface area (Å²) in [5.74, 6) is -1.22. The fourth-order valence-corrected chi connectivity index (χ4v) is 0. The predicted molar refractivity (Wildman–Crippen MR) is 63.9 cm³/mol. The highest BCUT2D eigenvalue weighted by molar-refractivity contribution is 5.66. The number of nitrogens with two attached hydrogens (primary N) is 1. The maximum atomic E-state index is 9.13. The number of quaternary nitrogens is 2. The molecule has 6 heteroatoms. The second-order valence-electron chi connectivity index (χ2n) is 5.94. The molecule has 0 aromatic heterocycles. The van der Waals surface area contributed by atoms with Crippen molar-refractivity contribution in [2.24, 2.45) is 5.73 Å². The van der Waals surface area contributed by atoms with Crippen molar-refractivity contribution >= 4 is 5.97 Å². The van der Waals surface area contributed by atoms with Gasteiger partial charge in [-0.3, -0.25) is 0 Å². The van der Waals surface area contributed by atoms with Crippen LogP contribution in [0, 0.1) is 0 Å². The highest BCUT2D eigenvalue weighted by Gasteiger charge is 1.88. The lowest BCUT2D eigenvalue weighted by atomic mass is 10.7. The number of nitrogens with zero attached hydrogens (tertiary/aromatic N) is 2. The Labute approximate surface area is 99.8 Å². The second kappa shape index (κ2) is 10.8. The Morgan fingerprint density at radius 2 is 1.00 bits per heavy atom. The van der Waals surface area contributed by atoms with E-state index >= 15 is 0 Å². The smallest absolute Gasteiger partial charge is 0.0675 e. The lowest BCUT2D eigenvalue weighted by Crippen LogP contribution is -2.30. The van der Waals surface area contributed by atoms with Crippen molar-refractivity contribution in [2.75, 3.05) is 62.9 Å². The number of aliphatic carboxylic acids is 1. The van der Waals surface area contributed by atoms with Crippen LogP contribution in [0.1, 0.15) is 0 Å². The summed E-state index contributed by atoms with van der Waals surface area (Å²) in [5.41, 5.74) is 4.51. The first kappa shape index (κ1) is 24.5. The molecule has 16 heavy (non-hydrogen) atoms. The molecule has 0 spiro atoms. The molecule has 0 aliphatic rings. The van der Waals surface area contributed by atoms with Crippen LogP contribution in [0.15, 0.2) is 0 Å². The van der Waals surface area contributed by atoms with Crippen molar-refractivity contribution in [3.63, 3.8) is 0 Å². The summed E-state index contributed by atoms with van der Waals surface area (Å²) in [7, 11) is 17.0. The Kier molecular flexibility index (Phi) is 16.6. The van der Waals surface area contributed by atoms with Gasteiger partial charge in [-0.15, -0.1) is 0 Å². The minimum Gasteiger partial charge on any atom is -0.870 e. The van der Waals surface area contributed by atoms with Gasteiger partial charge in [-0.1, -0.05) is 0 Å². The molecular formula is C10H29N3O3. The van der Waals surface area contributed by atoms with Crippen LogP contribution in [-0.4, -0.2) is 83.3 Å². The summed E-state index contributed by atoms with van der Waals surface area (Å²) >= 11 is 0. The van der Waals surface area contributed by atoms with Crippen LogP contribution in [0.25, 0.3) is 0 Å². The van der Waals surface area contributed by atoms with Crippen molar-refractivity contribution in [3.05, 3.63) is 0 Å². The number of carbonyl (C=O) groups excluding carboxylic acids is 1. The number of carboxylic acids is 1. The number of carbonyl (C=O) groups is 1. The van der Waals surface area contributed by atoms with Crippen molar-refractivity contribution in [2.45, 2.75) is 0 Å². The molecule has 0 aliphatic carbocycles. The van der Waals surface area contributed by atoms with Crippen LogP contribution in [0.3, 0.4) is 0 Å². The number of rotatable bonds is 1. The normalized spacial score (nSPS) is 9.81. The first-order chi connectivity index (χ1) is 6.27. The molecule has 0 radical (unpaired) electrons. The standard InChI is InChI=1S/2C4H12N.C2H5NO2.H2O/c2*1-5(2,3)4;3-1-2(4)5;/h2*1-4H3;1,3H2,(H,4,5);1H2/q2*+1;;/p-2. The van der Waals surface area contributed by atoms with Gasteiger partial charge in [0.1, 0.15) is 0 Å². The van der Waals surface area contributed by atoms with E-state index in [-0.39, 0.29) is 12.0 Å². The molecule has 0 aliphatic heterocycles. The van der Waals surface area contributed by atoms with E-state index in [1.807, 2.05) is 0 Å². The molecule has 0 fully saturated rings. The van der Waals surface area contributed by atoms with Crippen molar-refractivity contribution in [1.82, 2.24) is 0 Å². The van der Waals surface area contributed by atoms with E-state index in [0.717, 1.165) is 8.97 Å². The topological polar surface area (TPSA) is 96.2 Å². The number of hydrogen-bond acceptors (Lipinski definition) is 4. The minimum absolute atomic E-state index is 0. The summed E-state index contributed by atoms with van der Waals surface area (Å²) in [6, 6.07) is 0. The van der Waals surface area contributed by atoms with Gasteiger partial charge in [0.2, 0.25) is 0 Å². The van der Waals surface area contributed by atoms with Gasteiger partial charge in [0.25, 0.3) is 0 Å². The van der Waals surface area contributed by atoms with Gasteiger partial charge in [0.15, 0.2) is 0 Å². The molecule has 3 N–H and O–H groups in total. The molecule has 0 aromatic rings. The lowest BCUT2D eigenvalue weighted by molar-refractivity contribution is -0.849. The third kappa shape index (κ3) is 1180. The Balaban J connectivity index is -0.0000000655. The molecule has 0 heterocycles. The molecular weight excluding hydrogens is 210 g/mol. The predicted octanol–water partition coefficient (Wildman–Crippen LogP) is -1.84. The van der Waals surface area contributed by atoms with Gasteiger partial charge in [-0.25, -0.2) is 0 Å². The summed E-state index contributed by atoms with van der Waals surface area (Å²) in [4.78, 5) is 9.13. The Hall–Kier alpha value is -0.690. The molecule has 0 unspecified atom stereocenters. The third-order valence-corrected chi connectivity index (χ3v) is 0.167. The second-order valence-corrected chi connectivity index (χ2v) is 5.94. The van der Waals surface area contributed by atoms with E-state index in [9.17, 15) is 0 Å². The van der Waals surface area contributed by atoms with Crippen LogP contribution < -0.4 is 10.8 Å². The molecule has 0 atom stereocenters. The van der Waals surface area contributed by atoms with Crippen LogP contribution >= 0.6 is 0 Å². The first-order valence-electron chi connectivity index (χ1n) is 4.75. The maximum Gasteiger partial charge on any atom is 0.0675 e. The summed E-state index contributed by atoms with van der Waals surface area (Å²) in [5, 5.41) is 9.13. The maximum absolute atomic E-state index is 9.13. The number of carboxylic acid groups (broad SMARTS) is 1. The average molecular weight is 239 g/mol. The largest absolute Gasteiger partial charge is 0.870 e. The zero-order valence-corrected chi connectivity index (χ0v) is 11.9. The Bertz CT molecular complexity index is 136. The molecule has 0 saturated heterocycles. The van der Waals surface area contributed by atoms with E-state index in [2.05, 4.69) is 62.1 Å². The zero-order chi connectivity index (χ0) is 13.3. The van der Waals surface area contributed by atoms with E-state index in [4.69, 9.17) is 9.90 Å². The highest BCUT2D eigenvalue weighted by atomic mass is 16.4. The van der Waals surface area contributed by atoms with Crippen LogP contribution in [-0.2, 0) is 4.79 Å². The number of hydrogen-bond donors (Lipinski definition) is 1. The van der Waals surface area contributed by atoms with Crippen molar-refractivity contribution < 1.29 is 24.3 Å². The van der Waals surface area contributed by atoms with Gasteiger partial charge in [0, 0.05) is 6.54 Å². The van der Waals surface area contributed by atoms with E-state index in [1.54, 1.807) is 0 Å². The van der Waals surface area contributed by atoms with Gasteiger partial charge >= 0.3 is 0 Å². The van der Waals surface area contributed by atoms with E-state index in [1.165, 1.54) is 0 Å². The minimum atomic E-state index is -1.22. The van der Waals surface area contributed by atoms with Crippen LogP contribution in [0.2, 0.25) is 0 Å². The van der Waals surface area contributed by atoms with Gasteiger partial charge < -0.3 is 30.1 Å². The summed E-state index contributed by atoms with van der Waals surface area (Å²) in [6.45, 7) is -0.389. The van der Waals surface area contributed by atoms with Gasteiger partial charge in [-0.2, -0.15) is 0 Å². The average Bonchev–Trinajstić information content (AvgIpc) is 1.79. The Morgan fingerprint density at radius 1 is 0.938 bits per heavy atom. The van der Waals surface area contributed by atoms with Crippen molar-refractivity contribution in [3.8, 4) is 0 Å². The summed E-state index contributed by atoms with van der Waals surface area (Å²) in [6.07, 6.45) is 0. The quantitative estimate of drug-likeness (QED) is 0.544. The molecule has 0 rings (SSSR count). The molecule has 102 valence electrons. The highest BCUT2D eigenvalue weighted by Crippen LogP contribution is 1.74. The monoisotopic (exact) mass is 239 g/mol. The third-order valence-electron chi connectivity index (χ3n) is 0.167. The van der Waals surface area contributed by atoms with Gasteiger partial charge in [0.05, 0.1) is 62.4 Å². The zero-order valence-electron chi connectivity index (χ0n) is 11.9. The lowest BCUT2D eigenvalue weighted by Gasteiger charge is -2.14. The molecule has 0 saturated carbocycles.